The molecule has 0 bridgehead atoms. The molecule has 0 spiro atoms. The summed E-state index contributed by atoms with van der Waals surface area (Å²) in [7, 11) is 0. The molecular formula is C26H24N2O4. The van der Waals surface area contributed by atoms with E-state index in [1.54, 1.807) is 48.8 Å². The maximum Gasteiger partial charge on any atom is 0.300 e. The lowest BCUT2D eigenvalue weighted by atomic mass is 9.95. The van der Waals surface area contributed by atoms with E-state index in [0.717, 1.165) is 11.1 Å². The SMILES string of the molecule is CCOc1ccc(/C(O)=C2\C(=O)C(=O)N(c3cc(C)ccc3C)C2c2ccncc2)cc1. The molecule has 1 unspecified atom stereocenters. The third-order valence-corrected chi connectivity index (χ3v) is 5.53. The monoisotopic (exact) mass is 428 g/mol. The fourth-order valence-corrected chi connectivity index (χ4v) is 3.95. The van der Waals surface area contributed by atoms with E-state index in [2.05, 4.69) is 4.98 Å². The lowest BCUT2D eigenvalue weighted by Crippen LogP contribution is -2.30. The van der Waals surface area contributed by atoms with Crippen molar-refractivity contribution in [1.82, 2.24) is 4.98 Å². The Hall–Kier alpha value is -3.93. The first-order chi connectivity index (χ1) is 15.4. The van der Waals surface area contributed by atoms with Gasteiger partial charge in [-0.15, -0.1) is 0 Å². The van der Waals surface area contributed by atoms with Gasteiger partial charge in [0.15, 0.2) is 0 Å². The summed E-state index contributed by atoms with van der Waals surface area (Å²) in [5.74, 6) is -0.960. The molecule has 1 aliphatic rings. The smallest absolute Gasteiger partial charge is 0.300 e. The lowest BCUT2D eigenvalue weighted by Gasteiger charge is -2.27. The maximum atomic E-state index is 13.2. The van der Waals surface area contributed by atoms with Crippen LogP contribution >= 0.6 is 0 Å². The van der Waals surface area contributed by atoms with Gasteiger partial charge in [0.2, 0.25) is 0 Å². The molecule has 1 aromatic heterocycles. The average Bonchev–Trinajstić information content (AvgIpc) is 3.07. The number of amides is 1. The first-order valence-corrected chi connectivity index (χ1v) is 10.4. The molecule has 2 heterocycles. The van der Waals surface area contributed by atoms with E-state index in [0.29, 0.717) is 29.2 Å². The molecule has 162 valence electrons. The number of hydrogen-bond donors (Lipinski definition) is 1. The summed E-state index contributed by atoms with van der Waals surface area (Å²) in [6.45, 7) is 6.23. The lowest BCUT2D eigenvalue weighted by molar-refractivity contribution is -0.132. The third-order valence-electron chi connectivity index (χ3n) is 5.53. The van der Waals surface area contributed by atoms with E-state index in [9.17, 15) is 14.7 Å². The van der Waals surface area contributed by atoms with Crippen LogP contribution in [0.4, 0.5) is 5.69 Å². The Morgan fingerprint density at radius 3 is 2.38 bits per heavy atom. The van der Waals surface area contributed by atoms with Crippen LogP contribution in [0.1, 0.15) is 35.2 Å². The number of benzene rings is 2. The van der Waals surface area contributed by atoms with Gasteiger partial charge in [-0.2, -0.15) is 0 Å². The van der Waals surface area contributed by atoms with E-state index in [-0.39, 0.29) is 11.3 Å². The number of aryl methyl sites for hydroxylation is 2. The predicted octanol–water partition coefficient (Wildman–Crippen LogP) is 4.72. The number of rotatable bonds is 5. The molecule has 6 nitrogen and oxygen atoms in total. The zero-order chi connectivity index (χ0) is 22.8. The number of ketones is 1. The highest BCUT2D eigenvalue weighted by Crippen LogP contribution is 2.43. The van der Waals surface area contributed by atoms with E-state index in [1.165, 1.54) is 4.90 Å². The van der Waals surface area contributed by atoms with Gasteiger partial charge in [-0.25, -0.2) is 0 Å². The van der Waals surface area contributed by atoms with E-state index >= 15 is 0 Å². The highest BCUT2D eigenvalue weighted by atomic mass is 16.5. The zero-order valence-corrected chi connectivity index (χ0v) is 18.2. The van der Waals surface area contributed by atoms with Gasteiger partial charge in [0, 0.05) is 23.6 Å². The number of aliphatic hydroxyl groups excluding tert-OH is 1. The number of carbonyl (C=O) groups is 2. The maximum absolute atomic E-state index is 13.2. The molecule has 1 N–H and O–H groups in total. The molecule has 1 fully saturated rings. The van der Waals surface area contributed by atoms with Crippen LogP contribution in [0.5, 0.6) is 5.75 Å². The van der Waals surface area contributed by atoms with Crippen LogP contribution in [-0.2, 0) is 9.59 Å². The summed E-state index contributed by atoms with van der Waals surface area (Å²) in [4.78, 5) is 32.0. The zero-order valence-electron chi connectivity index (χ0n) is 18.2. The number of pyridine rings is 1. The quantitative estimate of drug-likeness (QED) is 0.361. The van der Waals surface area contributed by atoms with E-state index in [4.69, 9.17) is 4.74 Å². The largest absolute Gasteiger partial charge is 0.507 e. The van der Waals surface area contributed by atoms with Gasteiger partial charge in [0.05, 0.1) is 18.2 Å². The van der Waals surface area contributed by atoms with Crippen molar-refractivity contribution in [2.24, 2.45) is 0 Å². The number of ether oxygens (including phenoxy) is 1. The molecule has 1 saturated heterocycles. The number of aromatic nitrogens is 1. The van der Waals surface area contributed by atoms with Gasteiger partial charge in [-0.1, -0.05) is 12.1 Å². The Balaban J connectivity index is 1.91. The highest BCUT2D eigenvalue weighted by molar-refractivity contribution is 6.51. The van der Waals surface area contributed by atoms with Crippen molar-refractivity contribution >= 4 is 23.1 Å². The standard InChI is InChI=1S/C26H24N2O4/c1-4-32-20-9-7-19(8-10-20)24(29)22-23(18-11-13-27-14-12-18)28(26(31)25(22)30)21-15-16(2)5-6-17(21)3/h5-15,23,29H,4H2,1-3H3/b24-22+. The Bertz CT molecular complexity index is 1200. The van der Waals surface area contributed by atoms with Crippen molar-refractivity contribution in [3.05, 3.63) is 94.8 Å². The number of carbonyl (C=O) groups excluding carboxylic acids is 2. The molecule has 4 rings (SSSR count). The normalized spacial score (nSPS) is 17.6. The second-order valence-electron chi connectivity index (χ2n) is 7.70. The first kappa shape index (κ1) is 21.3. The summed E-state index contributed by atoms with van der Waals surface area (Å²) in [5.41, 5.74) is 3.63. The molecule has 2 aromatic carbocycles. The van der Waals surface area contributed by atoms with Gasteiger partial charge in [-0.05, 0) is 79.9 Å². The fraction of sp³-hybridized carbons (Fsp3) is 0.192. The Kier molecular flexibility index (Phi) is 5.77. The van der Waals surface area contributed by atoms with Gasteiger partial charge in [-0.3, -0.25) is 19.5 Å². The van der Waals surface area contributed by atoms with Gasteiger partial charge < -0.3 is 9.84 Å². The Morgan fingerprint density at radius 2 is 1.72 bits per heavy atom. The minimum atomic E-state index is -0.773. The van der Waals surface area contributed by atoms with Crippen molar-refractivity contribution in [3.8, 4) is 5.75 Å². The topological polar surface area (TPSA) is 79.7 Å². The summed E-state index contributed by atoms with van der Waals surface area (Å²) >= 11 is 0. The summed E-state index contributed by atoms with van der Waals surface area (Å²) in [6.07, 6.45) is 3.21. The first-order valence-electron chi connectivity index (χ1n) is 10.4. The van der Waals surface area contributed by atoms with Gasteiger partial charge in [0.1, 0.15) is 11.5 Å². The molecule has 1 aliphatic heterocycles. The Labute approximate surface area is 186 Å². The van der Waals surface area contributed by atoms with E-state index in [1.807, 2.05) is 39.0 Å². The van der Waals surface area contributed by atoms with Crippen molar-refractivity contribution in [2.75, 3.05) is 11.5 Å². The number of nitrogens with zero attached hydrogens (tertiary/aromatic N) is 2. The molecule has 0 radical (unpaired) electrons. The van der Waals surface area contributed by atoms with Crippen LogP contribution in [0.2, 0.25) is 0 Å². The minimum absolute atomic E-state index is 0.0475. The molecule has 0 saturated carbocycles. The third kappa shape index (κ3) is 3.75. The van der Waals surface area contributed by atoms with Crippen molar-refractivity contribution < 1.29 is 19.4 Å². The summed E-state index contributed by atoms with van der Waals surface area (Å²) < 4.78 is 5.46. The number of Topliss-reactive ketones (excluding diaryl/α,β-unsaturated/α-hetero) is 1. The van der Waals surface area contributed by atoms with E-state index < -0.39 is 17.7 Å². The predicted molar refractivity (Wildman–Crippen MR) is 123 cm³/mol. The minimum Gasteiger partial charge on any atom is -0.507 e. The highest BCUT2D eigenvalue weighted by Gasteiger charge is 2.47. The second-order valence-corrected chi connectivity index (χ2v) is 7.70. The molecule has 32 heavy (non-hydrogen) atoms. The van der Waals surface area contributed by atoms with Crippen LogP contribution in [0.15, 0.2) is 72.6 Å². The molecule has 6 heteroatoms. The number of anilines is 1. The molecule has 1 atom stereocenters. The van der Waals surface area contributed by atoms with Crippen LogP contribution in [0.3, 0.4) is 0 Å². The number of hydrogen-bond acceptors (Lipinski definition) is 5. The Morgan fingerprint density at radius 1 is 1.03 bits per heavy atom. The van der Waals surface area contributed by atoms with Crippen LogP contribution in [-0.4, -0.2) is 28.4 Å². The van der Waals surface area contributed by atoms with Gasteiger partial charge in [0.25, 0.3) is 11.7 Å². The number of aliphatic hydroxyl groups is 1. The fourth-order valence-electron chi connectivity index (χ4n) is 3.95. The molecule has 3 aromatic rings. The molecular weight excluding hydrogens is 404 g/mol. The van der Waals surface area contributed by atoms with Crippen molar-refractivity contribution in [1.29, 1.82) is 0 Å². The average molecular weight is 428 g/mol. The second kappa shape index (κ2) is 8.67. The molecule has 0 aliphatic carbocycles. The van der Waals surface area contributed by atoms with Crippen LogP contribution in [0, 0.1) is 13.8 Å². The summed E-state index contributed by atoms with van der Waals surface area (Å²) in [6, 6.07) is 15.3. The van der Waals surface area contributed by atoms with Crippen LogP contribution in [0.25, 0.3) is 5.76 Å². The van der Waals surface area contributed by atoms with Crippen molar-refractivity contribution in [2.45, 2.75) is 26.8 Å². The van der Waals surface area contributed by atoms with Crippen LogP contribution < -0.4 is 9.64 Å². The van der Waals surface area contributed by atoms with Gasteiger partial charge >= 0.3 is 0 Å². The molecule has 1 amide bonds. The summed E-state index contributed by atoms with van der Waals surface area (Å²) in [5, 5.41) is 11.2. The van der Waals surface area contributed by atoms with Crippen molar-refractivity contribution in [3.63, 3.8) is 0 Å².